The van der Waals surface area contributed by atoms with Crippen molar-refractivity contribution in [3.63, 3.8) is 0 Å². The summed E-state index contributed by atoms with van der Waals surface area (Å²) in [5.41, 5.74) is 0.460. The van der Waals surface area contributed by atoms with Crippen molar-refractivity contribution in [2.75, 3.05) is 26.3 Å². The number of nitrogens with zero attached hydrogens (tertiary/aromatic N) is 1. The van der Waals surface area contributed by atoms with Gasteiger partial charge in [0, 0.05) is 25.7 Å². The Morgan fingerprint density at radius 3 is 2.62 bits per heavy atom. The first-order valence-corrected chi connectivity index (χ1v) is 6.89. The number of hydrogen-bond acceptors (Lipinski definition) is 2. The molecule has 2 fully saturated rings. The van der Waals surface area contributed by atoms with E-state index in [9.17, 15) is 0 Å². The summed E-state index contributed by atoms with van der Waals surface area (Å²) in [6, 6.07) is 0.801. The number of ether oxygens (including phenoxy) is 1. The summed E-state index contributed by atoms with van der Waals surface area (Å²) >= 11 is 0. The Bertz CT molecular complexity index is 221. The Kier molecular flexibility index (Phi) is 3.91. The van der Waals surface area contributed by atoms with Gasteiger partial charge in [0.1, 0.15) is 0 Å². The molecule has 0 spiro atoms. The Morgan fingerprint density at radius 2 is 1.88 bits per heavy atom. The fourth-order valence-corrected chi connectivity index (χ4v) is 3.12. The molecule has 1 unspecified atom stereocenters. The summed E-state index contributed by atoms with van der Waals surface area (Å²) in [5, 5.41) is 0. The van der Waals surface area contributed by atoms with Gasteiger partial charge in [-0.1, -0.05) is 27.2 Å². The van der Waals surface area contributed by atoms with E-state index in [-0.39, 0.29) is 0 Å². The van der Waals surface area contributed by atoms with Gasteiger partial charge in [-0.2, -0.15) is 0 Å². The van der Waals surface area contributed by atoms with E-state index in [0.717, 1.165) is 31.7 Å². The fourth-order valence-electron chi connectivity index (χ4n) is 3.12. The van der Waals surface area contributed by atoms with Gasteiger partial charge < -0.3 is 4.74 Å². The second-order valence-electron chi connectivity index (χ2n) is 6.54. The average Bonchev–Trinajstić information content (AvgIpc) is 2.49. The van der Waals surface area contributed by atoms with Crippen molar-refractivity contribution in [1.29, 1.82) is 0 Å². The maximum atomic E-state index is 5.61. The van der Waals surface area contributed by atoms with E-state index >= 15 is 0 Å². The maximum Gasteiger partial charge on any atom is 0.0593 e. The van der Waals surface area contributed by atoms with Crippen LogP contribution >= 0.6 is 0 Å². The van der Waals surface area contributed by atoms with E-state index in [1.165, 1.54) is 32.2 Å². The third kappa shape index (κ3) is 2.98. The zero-order valence-electron chi connectivity index (χ0n) is 11.2. The lowest BCUT2D eigenvalue weighted by Gasteiger charge is -2.35. The molecule has 0 aromatic rings. The molecule has 0 aromatic carbocycles. The van der Waals surface area contributed by atoms with Crippen molar-refractivity contribution in [3.8, 4) is 0 Å². The molecule has 2 saturated heterocycles. The smallest absolute Gasteiger partial charge is 0.0593 e. The van der Waals surface area contributed by atoms with Crippen molar-refractivity contribution in [3.05, 3.63) is 0 Å². The first-order chi connectivity index (χ1) is 7.57. The SMILES string of the molecule is CC(C)(C)C1CCC[C@@H]2CCOCCN2C1. The van der Waals surface area contributed by atoms with E-state index in [1.807, 2.05) is 0 Å². The molecule has 0 bridgehead atoms. The van der Waals surface area contributed by atoms with Crippen molar-refractivity contribution in [1.82, 2.24) is 4.90 Å². The summed E-state index contributed by atoms with van der Waals surface area (Å²) in [5.74, 6) is 0.857. The number of hydrogen-bond donors (Lipinski definition) is 0. The van der Waals surface area contributed by atoms with Gasteiger partial charge in [-0.25, -0.2) is 0 Å². The highest BCUT2D eigenvalue weighted by Gasteiger charge is 2.32. The third-order valence-electron chi connectivity index (χ3n) is 4.40. The minimum atomic E-state index is 0.460. The minimum absolute atomic E-state index is 0.460. The number of fused-ring (bicyclic) bond motifs is 1. The first kappa shape index (κ1) is 12.4. The molecule has 0 aliphatic carbocycles. The highest BCUT2D eigenvalue weighted by Crippen LogP contribution is 2.35. The lowest BCUT2D eigenvalue weighted by molar-refractivity contribution is 0.116. The molecule has 16 heavy (non-hydrogen) atoms. The van der Waals surface area contributed by atoms with Crippen LogP contribution in [0.3, 0.4) is 0 Å². The Hall–Kier alpha value is -0.0800. The molecule has 94 valence electrons. The molecule has 2 rings (SSSR count). The van der Waals surface area contributed by atoms with E-state index in [4.69, 9.17) is 4.74 Å². The van der Waals surface area contributed by atoms with Crippen LogP contribution in [-0.2, 0) is 4.74 Å². The predicted molar refractivity (Wildman–Crippen MR) is 67.6 cm³/mol. The molecule has 2 atom stereocenters. The van der Waals surface area contributed by atoms with Crippen molar-refractivity contribution in [2.24, 2.45) is 11.3 Å². The molecule has 2 nitrogen and oxygen atoms in total. The zero-order chi connectivity index (χ0) is 11.6. The van der Waals surface area contributed by atoms with Gasteiger partial charge in [-0.15, -0.1) is 0 Å². The molecule has 2 heteroatoms. The van der Waals surface area contributed by atoms with Gasteiger partial charge >= 0.3 is 0 Å². The fraction of sp³-hybridized carbons (Fsp3) is 1.00. The van der Waals surface area contributed by atoms with E-state index in [1.54, 1.807) is 0 Å². The lowest BCUT2D eigenvalue weighted by atomic mass is 9.78. The van der Waals surface area contributed by atoms with Crippen molar-refractivity contribution in [2.45, 2.75) is 52.5 Å². The van der Waals surface area contributed by atoms with Crippen LogP contribution in [0.1, 0.15) is 46.5 Å². The Morgan fingerprint density at radius 1 is 1.06 bits per heavy atom. The molecule has 0 amide bonds. The molecule has 0 N–H and O–H groups in total. The van der Waals surface area contributed by atoms with Crippen LogP contribution in [-0.4, -0.2) is 37.2 Å². The molecule has 2 aliphatic heterocycles. The monoisotopic (exact) mass is 225 g/mol. The van der Waals surface area contributed by atoms with Crippen LogP contribution in [0.5, 0.6) is 0 Å². The van der Waals surface area contributed by atoms with E-state index < -0.39 is 0 Å². The highest BCUT2D eigenvalue weighted by atomic mass is 16.5. The van der Waals surface area contributed by atoms with Crippen LogP contribution in [0.4, 0.5) is 0 Å². The van der Waals surface area contributed by atoms with Crippen LogP contribution in [0, 0.1) is 11.3 Å². The second-order valence-corrected chi connectivity index (χ2v) is 6.54. The Balaban J connectivity index is 2.03. The standard InChI is InChI=1S/C14H27NO/c1-14(2,3)12-5-4-6-13-7-9-16-10-8-15(13)11-12/h12-13H,4-11H2,1-3H3/t12?,13-/m1/s1. The largest absolute Gasteiger partial charge is 0.380 e. The zero-order valence-corrected chi connectivity index (χ0v) is 11.2. The van der Waals surface area contributed by atoms with Crippen LogP contribution in [0.15, 0.2) is 0 Å². The highest BCUT2D eigenvalue weighted by molar-refractivity contribution is 4.85. The molecule has 2 aliphatic rings. The topological polar surface area (TPSA) is 12.5 Å². The summed E-state index contributed by atoms with van der Waals surface area (Å²) in [4.78, 5) is 2.70. The third-order valence-corrected chi connectivity index (χ3v) is 4.40. The van der Waals surface area contributed by atoms with Gasteiger partial charge in [0.15, 0.2) is 0 Å². The van der Waals surface area contributed by atoms with Crippen molar-refractivity contribution < 1.29 is 4.74 Å². The summed E-state index contributed by atoms with van der Waals surface area (Å²) in [6.07, 6.45) is 5.45. The van der Waals surface area contributed by atoms with E-state index in [2.05, 4.69) is 25.7 Å². The minimum Gasteiger partial charge on any atom is -0.380 e. The van der Waals surface area contributed by atoms with Crippen LogP contribution < -0.4 is 0 Å². The molecule has 0 radical (unpaired) electrons. The predicted octanol–water partition coefficient (Wildman–Crippen LogP) is 2.92. The normalized spacial score (nSPS) is 33.9. The summed E-state index contributed by atoms with van der Waals surface area (Å²) < 4.78 is 5.61. The van der Waals surface area contributed by atoms with Gasteiger partial charge in [0.2, 0.25) is 0 Å². The second kappa shape index (κ2) is 5.05. The summed E-state index contributed by atoms with van der Waals surface area (Å²) in [6.45, 7) is 11.5. The van der Waals surface area contributed by atoms with Crippen LogP contribution in [0.25, 0.3) is 0 Å². The van der Waals surface area contributed by atoms with Gasteiger partial charge in [0.05, 0.1) is 6.61 Å². The molecule has 2 heterocycles. The van der Waals surface area contributed by atoms with E-state index in [0.29, 0.717) is 5.41 Å². The van der Waals surface area contributed by atoms with Gasteiger partial charge in [-0.3, -0.25) is 4.90 Å². The average molecular weight is 225 g/mol. The molecule has 0 aromatic heterocycles. The van der Waals surface area contributed by atoms with Crippen LogP contribution in [0.2, 0.25) is 0 Å². The molecular formula is C14H27NO. The first-order valence-electron chi connectivity index (χ1n) is 6.89. The van der Waals surface area contributed by atoms with Gasteiger partial charge in [0.25, 0.3) is 0 Å². The van der Waals surface area contributed by atoms with Gasteiger partial charge in [-0.05, 0) is 30.6 Å². The Labute approximate surface area is 100 Å². The quantitative estimate of drug-likeness (QED) is 0.628. The molecular weight excluding hydrogens is 198 g/mol. The summed E-state index contributed by atoms with van der Waals surface area (Å²) in [7, 11) is 0. The lowest BCUT2D eigenvalue weighted by Crippen LogP contribution is -2.40. The molecule has 0 saturated carbocycles. The maximum absolute atomic E-state index is 5.61. The number of rotatable bonds is 0. The van der Waals surface area contributed by atoms with Crippen molar-refractivity contribution >= 4 is 0 Å².